The van der Waals surface area contributed by atoms with Gasteiger partial charge in [-0.3, -0.25) is 4.79 Å². The number of nitrogens with two attached hydrogens (primary N) is 1. The first kappa shape index (κ1) is 14.8. The van der Waals surface area contributed by atoms with Crippen molar-refractivity contribution in [3.8, 4) is 0 Å². The lowest BCUT2D eigenvalue weighted by molar-refractivity contribution is -0.127. The summed E-state index contributed by atoms with van der Waals surface area (Å²) in [4.78, 5) is 13.5. The zero-order valence-electron chi connectivity index (χ0n) is 10.3. The number of carbonyl (C=O) groups excluding carboxylic acids is 1. The fourth-order valence-corrected chi connectivity index (χ4v) is 2.18. The third-order valence-corrected chi connectivity index (χ3v) is 3.43. The standard InChI is InChI=1S/C11H24N4OS/c12-1-2-13-3-4-14-5-6-15-8-10(9-17)7-11(15)16/h10,13-14,17H,1-9,12H2. The number of carbonyl (C=O) groups is 1. The van der Waals surface area contributed by atoms with Crippen LogP contribution in [0.3, 0.4) is 0 Å². The van der Waals surface area contributed by atoms with Crippen LogP contribution in [0.25, 0.3) is 0 Å². The average Bonchev–Trinajstić information content (AvgIpc) is 2.69. The highest BCUT2D eigenvalue weighted by atomic mass is 32.1. The zero-order chi connectivity index (χ0) is 12.5. The van der Waals surface area contributed by atoms with Crippen LogP contribution in [0.5, 0.6) is 0 Å². The summed E-state index contributed by atoms with van der Waals surface area (Å²) in [6.45, 7) is 5.90. The lowest BCUT2D eigenvalue weighted by atomic mass is 10.1. The summed E-state index contributed by atoms with van der Waals surface area (Å²) in [5, 5.41) is 6.52. The molecule has 0 bridgehead atoms. The lowest BCUT2D eigenvalue weighted by Gasteiger charge is -2.16. The molecular formula is C11H24N4OS. The number of likely N-dealkylation sites (tertiary alicyclic amines) is 1. The molecule has 100 valence electrons. The number of thiol groups is 1. The second-order valence-corrected chi connectivity index (χ2v) is 4.75. The molecule has 1 fully saturated rings. The summed E-state index contributed by atoms with van der Waals surface area (Å²) in [5.41, 5.74) is 5.36. The molecule has 5 nitrogen and oxygen atoms in total. The van der Waals surface area contributed by atoms with Gasteiger partial charge in [-0.05, 0) is 11.7 Å². The van der Waals surface area contributed by atoms with Crippen LogP contribution in [0.4, 0.5) is 0 Å². The molecule has 1 atom stereocenters. The predicted octanol–water partition coefficient (Wildman–Crippen LogP) is -1.10. The summed E-state index contributed by atoms with van der Waals surface area (Å²) < 4.78 is 0. The molecule has 6 heteroatoms. The monoisotopic (exact) mass is 260 g/mol. The van der Waals surface area contributed by atoms with E-state index in [1.54, 1.807) is 0 Å². The summed E-state index contributed by atoms with van der Waals surface area (Å²) in [7, 11) is 0. The maximum atomic E-state index is 11.6. The fourth-order valence-electron chi connectivity index (χ4n) is 1.94. The van der Waals surface area contributed by atoms with Crippen molar-refractivity contribution in [3.05, 3.63) is 0 Å². The van der Waals surface area contributed by atoms with E-state index in [1.165, 1.54) is 0 Å². The van der Waals surface area contributed by atoms with Crippen molar-refractivity contribution < 1.29 is 4.79 Å². The molecular weight excluding hydrogens is 236 g/mol. The van der Waals surface area contributed by atoms with Crippen LogP contribution < -0.4 is 16.4 Å². The molecule has 0 aromatic rings. The quantitative estimate of drug-likeness (QED) is 0.314. The highest BCUT2D eigenvalue weighted by Crippen LogP contribution is 2.17. The Morgan fingerprint density at radius 1 is 1.29 bits per heavy atom. The first-order valence-electron chi connectivity index (χ1n) is 6.28. The molecule has 1 heterocycles. The third kappa shape index (κ3) is 5.72. The van der Waals surface area contributed by atoms with E-state index in [1.807, 2.05) is 4.90 Å². The van der Waals surface area contributed by atoms with E-state index in [9.17, 15) is 4.79 Å². The van der Waals surface area contributed by atoms with E-state index in [0.717, 1.165) is 45.0 Å². The van der Waals surface area contributed by atoms with E-state index < -0.39 is 0 Å². The van der Waals surface area contributed by atoms with Gasteiger partial charge in [-0.25, -0.2) is 0 Å². The van der Waals surface area contributed by atoms with E-state index in [2.05, 4.69) is 23.3 Å². The second-order valence-electron chi connectivity index (χ2n) is 4.38. The van der Waals surface area contributed by atoms with Gasteiger partial charge in [0.1, 0.15) is 0 Å². The zero-order valence-corrected chi connectivity index (χ0v) is 11.2. The molecule has 4 N–H and O–H groups in total. The van der Waals surface area contributed by atoms with Crippen LogP contribution in [0, 0.1) is 5.92 Å². The molecule has 0 radical (unpaired) electrons. The van der Waals surface area contributed by atoms with Crippen LogP contribution in [0.2, 0.25) is 0 Å². The molecule has 17 heavy (non-hydrogen) atoms. The van der Waals surface area contributed by atoms with Crippen molar-refractivity contribution in [1.29, 1.82) is 0 Å². The molecule has 1 saturated heterocycles. The first-order valence-corrected chi connectivity index (χ1v) is 6.91. The van der Waals surface area contributed by atoms with E-state index in [0.29, 0.717) is 18.9 Å². The van der Waals surface area contributed by atoms with Gasteiger partial charge in [-0.2, -0.15) is 12.6 Å². The van der Waals surface area contributed by atoms with E-state index >= 15 is 0 Å². The van der Waals surface area contributed by atoms with Gasteiger partial charge in [-0.1, -0.05) is 0 Å². The smallest absolute Gasteiger partial charge is 0.222 e. The fraction of sp³-hybridized carbons (Fsp3) is 0.909. The summed E-state index contributed by atoms with van der Waals surface area (Å²) in [6.07, 6.45) is 0.668. The summed E-state index contributed by atoms with van der Waals surface area (Å²) in [5.74, 6) is 1.52. The summed E-state index contributed by atoms with van der Waals surface area (Å²) in [6, 6.07) is 0. The Bertz CT molecular complexity index is 228. The topological polar surface area (TPSA) is 70.4 Å². The minimum atomic E-state index is 0.270. The molecule has 1 rings (SSSR count). The number of nitrogens with one attached hydrogen (secondary N) is 2. The van der Waals surface area contributed by atoms with Crippen molar-refractivity contribution in [1.82, 2.24) is 15.5 Å². The molecule has 1 aliphatic heterocycles. The normalized spacial score (nSPS) is 20.2. The molecule has 1 amide bonds. The maximum Gasteiger partial charge on any atom is 0.222 e. The van der Waals surface area contributed by atoms with Gasteiger partial charge in [0, 0.05) is 52.2 Å². The van der Waals surface area contributed by atoms with Crippen molar-refractivity contribution in [2.45, 2.75) is 6.42 Å². The number of hydrogen-bond donors (Lipinski definition) is 4. The van der Waals surface area contributed by atoms with Crippen molar-refractivity contribution in [3.63, 3.8) is 0 Å². The Hall–Kier alpha value is -0.300. The van der Waals surface area contributed by atoms with Gasteiger partial charge in [0.25, 0.3) is 0 Å². The minimum absolute atomic E-state index is 0.270. The summed E-state index contributed by atoms with van der Waals surface area (Å²) >= 11 is 4.24. The van der Waals surface area contributed by atoms with Crippen LogP contribution in [-0.4, -0.2) is 62.4 Å². The molecule has 0 aromatic heterocycles. The van der Waals surface area contributed by atoms with Crippen molar-refractivity contribution in [2.75, 3.05) is 51.6 Å². The van der Waals surface area contributed by atoms with Crippen molar-refractivity contribution in [2.24, 2.45) is 11.7 Å². The molecule has 0 aliphatic carbocycles. The van der Waals surface area contributed by atoms with Gasteiger partial charge in [0.05, 0.1) is 0 Å². The Morgan fingerprint density at radius 3 is 2.59 bits per heavy atom. The highest BCUT2D eigenvalue weighted by Gasteiger charge is 2.27. The molecule has 0 saturated carbocycles. The Kier molecular flexibility index (Phi) is 7.59. The largest absolute Gasteiger partial charge is 0.341 e. The van der Waals surface area contributed by atoms with Gasteiger partial charge in [0.15, 0.2) is 0 Å². The van der Waals surface area contributed by atoms with Gasteiger partial charge in [-0.15, -0.1) is 0 Å². The predicted molar refractivity (Wildman–Crippen MR) is 73.3 cm³/mol. The first-order chi connectivity index (χ1) is 8.27. The third-order valence-electron chi connectivity index (χ3n) is 2.91. The average molecular weight is 260 g/mol. The number of nitrogens with zero attached hydrogens (tertiary/aromatic N) is 1. The Morgan fingerprint density at radius 2 is 2.00 bits per heavy atom. The van der Waals surface area contributed by atoms with Crippen LogP contribution >= 0.6 is 12.6 Å². The maximum absolute atomic E-state index is 11.6. The molecule has 0 aromatic carbocycles. The number of amides is 1. The van der Waals surface area contributed by atoms with Crippen LogP contribution in [0.15, 0.2) is 0 Å². The molecule has 1 aliphatic rings. The van der Waals surface area contributed by atoms with Gasteiger partial charge in [0.2, 0.25) is 5.91 Å². The van der Waals surface area contributed by atoms with E-state index in [4.69, 9.17) is 5.73 Å². The van der Waals surface area contributed by atoms with Gasteiger partial charge < -0.3 is 21.3 Å². The van der Waals surface area contributed by atoms with Crippen LogP contribution in [0.1, 0.15) is 6.42 Å². The van der Waals surface area contributed by atoms with E-state index in [-0.39, 0.29) is 5.91 Å². The second kappa shape index (κ2) is 8.74. The number of rotatable bonds is 9. The Labute approximate surface area is 109 Å². The van der Waals surface area contributed by atoms with Crippen molar-refractivity contribution >= 4 is 18.5 Å². The molecule has 0 spiro atoms. The van der Waals surface area contributed by atoms with Gasteiger partial charge >= 0.3 is 0 Å². The highest BCUT2D eigenvalue weighted by molar-refractivity contribution is 7.80. The molecule has 1 unspecified atom stereocenters. The number of hydrogen-bond acceptors (Lipinski definition) is 5. The van der Waals surface area contributed by atoms with Crippen LogP contribution in [-0.2, 0) is 4.79 Å². The Balaban J connectivity index is 1.98. The lowest BCUT2D eigenvalue weighted by Crippen LogP contribution is -2.36. The SMILES string of the molecule is NCCNCCNCCN1CC(CS)CC1=O. The minimum Gasteiger partial charge on any atom is -0.341 e.